The van der Waals surface area contributed by atoms with Crippen molar-refractivity contribution < 1.29 is 27.8 Å². The first-order valence-electron chi connectivity index (χ1n) is 7.93. The van der Waals surface area contributed by atoms with Gasteiger partial charge in [-0.15, -0.1) is 0 Å². The van der Waals surface area contributed by atoms with Crippen LogP contribution >= 0.6 is 0 Å². The lowest BCUT2D eigenvalue weighted by Gasteiger charge is -2.29. The highest BCUT2D eigenvalue weighted by molar-refractivity contribution is 5.49. The van der Waals surface area contributed by atoms with E-state index < -0.39 is 11.8 Å². The van der Waals surface area contributed by atoms with Gasteiger partial charge in [-0.3, -0.25) is 0 Å². The van der Waals surface area contributed by atoms with Crippen LogP contribution in [0.15, 0.2) is 18.2 Å². The molecule has 1 aromatic rings. The highest BCUT2D eigenvalue weighted by Crippen LogP contribution is 2.45. The van der Waals surface area contributed by atoms with E-state index in [-0.39, 0.29) is 23.7 Å². The smallest absolute Gasteiger partial charge is 0.421 e. The van der Waals surface area contributed by atoms with Gasteiger partial charge in [0.2, 0.25) is 0 Å². The summed E-state index contributed by atoms with van der Waals surface area (Å²) in [4.78, 5) is 0. The molecule has 0 saturated heterocycles. The highest BCUT2D eigenvalue weighted by atomic mass is 19.4. The Hall–Kier alpha value is -1.43. The van der Waals surface area contributed by atoms with Gasteiger partial charge in [-0.1, -0.05) is 38.8 Å². The van der Waals surface area contributed by atoms with E-state index in [1.807, 2.05) is 13.8 Å². The summed E-state index contributed by atoms with van der Waals surface area (Å²) in [6.07, 6.45) is -1.56. The zero-order chi connectivity index (χ0) is 17.5. The Bertz CT molecular complexity index is 484. The lowest BCUT2D eigenvalue weighted by Crippen LogP contribution is -2.39. The van der Waals surface area contributed by atoms with Gasteiger partial charge in [-0.2, -0.15) is 13.2 Å². The molecule has 1 rings (SSSR count). The Kier molecular flexibility index (Phi) is 7.19. The fraction of sp³-hybridized carbons (Fsp3) is 0.647. The average molecular weight is 334 g/mol. The van der Waals surface area contributed by atoms with Gasteiger partial charge in [0.05, 0.1) is 13.2 Å². The third-order valence-corrected chi connectivity index (χ3v) is 3.56. The van der Waals surface area contributed by atoms with Crippen molar-refractivity contribution in [2.75, 3.05) is 13.2 Å². The van der Waals surface area contributed by atoms with E-state index in [1.54, 1.807) is 6.07 Å². The topological polar surface area (TPSA) is 38.7 Å². The lowest BCUT2D eigenvalue weighted by molar-refractivity contribution is -0.259. The van der Waals surface area contributed by atoms with E-state index in [0.717, 1.165) is 26.2 Å². The number of benzene rings is 1. The van der Waals surface area contributed by atoms with Gasteiger partial charge in [0.15, 0.2) is 17.1 Å². The maximum Gasteiger partial charge on any atom is 0.421 e. The molecule has 1 unspecified atom stereocenters. The van der Waals surface area contributed by atoms with Gasteiger partial charge in [0, 0.05) is 5.56 Å². The number of hydrogen-bond acceptors (Lipinski definition) is 3. The molecule has 0 radical (unpaired) electrons. The molecule has 6 heteroatoms. The largest absolute Gasteiger partial charge is 0.490 e. The number of ether oxygens (including phenoxy) is 2. The third-order valence-electron chi connectivity index (χ3n) is 3.56. The molecule has 0 saturated carbocycles. The zero-order valence-electron chi connectivity index (χ0n) is 13.9. The Morgan fingerprint density at radius 2 is 1.57 bits per heavy atom. The first kappa shape index (κ1) is 19.6. The predicted octanol–water partition coefficient (Wildman–Crippen LogP) is 4.81. The SMILES string of the molecule is CCCCOc1cccc(C(C)(O)C(F)(F)F)c1OCCCC. The van der Waals surface area contributed by atoms with E-state index in [4.69, 9.17) is 9.47 Å². The first-order valence-corrected chi connectivity index (χ1v) is 7.93. The second-order valence-corrected chi connectivity index (χ2v) is 5.61. The summed E-state index contributed by atoms with van der Waals surface area (Å²) in [5.74, 6) is 0.205. The Morgan fingerprint density at radius 3 is 2.09 bits per heavy atom. The van der Waals surface area contributed by atoms with E-state index >= 15 is 0 Å². The number of rotatable bonds is 9. The molecular formula is C17H25F3O3. The number of aliphatic hydroxyl groups is 1. The molecule has 132 valence electrons. The zero-order valence-corrected chi connectivity index (χ0v) is 13.9. The second-order valence-electron chi connectivity index (χ2n) is 5.61. The molecule has 0 spiro atoms. The molecule has 0 aliphatic heterocycles. The predicted molar refractivity (Wildman–Crippen MR) is 82.9 cm³/mol. The molecule has 0 heterocycles. The fourth-order valence-corrected chi connectivity index (χ4v) is 1.96. The maximum atomic E-state index is 13.2. The minimum absolute atomic E-state index is 0.0284. The molecule has 1 aromatic carbocycles. The summed E-state index contributed by atoms with van der Waals surface area (Å²) in [7, 11) is 0. The number of para-hydroxylation sites is 1. The summed E-state index contributed by atoms with van der Waals surface area (Å²) in [6, 6.07) is 4.22. The highest BCUT2D eigenvalue weighted by Gasteiger charge is 2.53. The van der Waals surface area contributed by atoms with Crippen molar-refractivity contribution in [3.8, 4) is 11.5 Å². The number of unbranched alkanes of at least 4 members (excludes halogenated alkanes) is 2. The van der Waals surface area contributed by atoms with Crippen LogP contribution in [0.2, 0.25) is 0 Å². The lowest BCUT2D eigenvalue weighted by atomic mass is 9.94. The van der Waals surface area contributed by atoms with Crippen LogP contribution in [-0.2, 0) is 5.60 Å². The summed E-state index contributed by atoms with van der Waals surface area (Å²) >= 11 is 0. The van der Waals surface area contributed by atoms with Crippen molar-refractivity contribution in [1.82, 2.24) is 0 Å². The van der Waals surface area contributed by atoms with Gasteiger partial charge < -0.3 is 14.6 Å². The molecule has 23 heavy (non-hydrogen) atoms. The molecule has 0 aliphatic rings. The van der Waals surface area contributed by atoms with Gasteiger partial charge in [0.25, 0.3) is 0 Å². The standard InChI is InChI=1S/C17H25F3O3/c1-4-6-11-22-14-10-8-9-13(15(14)23-12-7-5-2)16(3,21)17(18,19)20/h8-10,21H,4-7,11-12H2,1-3H3. The molecule has 1 N–H and O–H groups in total. The molecule has 3 nitrogen and oxygen atoms in total. The molecule has 0 fully saturated rings. The van der Waals surface area contributed by atoms with Crippen LogP contribution in [0.25, 0.3) is 0 Å². The molecule has 0 bridgehead atoms. The Labute approximate surface area is 135 Å². The number of hydrogen-bond donors (Lipinski definition) is 1. The summed E-state index contributed by atoms with van der Waals surface area (Å²) in [6.45, 7) is 5.33. The van der Waals surface area contributed by atoms with Crippen LogP contribution in [0, 0.1) is 0 Å². The Morgan fingerprint density at radius 1 is 1.00 bits per heavy atom. The van der Waals surface area contributed by atoms with E-state index in [1.165, 1.54) is 12.1 Å². The molecule has 0 aliphatic carbocycles. The molecule has 0 amide bonds. The van der Waals surface area contributed by atoms with Gasteiger partial charge in [-0.05, 0) is 25.8 Å². The van der Waals surface area contributed by atoms with Crippen LogP contribution < -0.4 is 9.47 Å². The van der Waals surface area contributed by atoms with Crippen LogP contribution in [0.5, 0.6) is 11.5 Å². The molecule has 0 aromatic heterocycles. The summed E-state index contributed by atoms with van der Waals surface area (Å²) in [5, 5.41) is 10.00. The first-order chi connectivity index (χ1) is 10.8. The minimum atomic E-state index is -4.81. The Balaban J connectivity index is 3.19. The fourth-order valence-electron chi connectivity index (χ4n) is 1.96. The monoisotopic (exact) mass is 334 g/mol. The van der Waals surface area contributed by atoms with E-state index in [9.17, 15) is 18.3 Å². The average Bonchev–Trinajstić information content (AvgIpc) is 2.47. The van der Waals surface area contributed by atoms with Crippen molar-refractivity contribution in [2.45, 2.75) is 58.2 Å². The quantitative estimate of drug-likeness (QED) is 0.658. The van der Waals surface area contributed by atoms with Crippen molar-refractivity contribution in [3.63, 3.8) is 0 Å². The van der Waals surface area contributed by atoms with Crippen LogP contribution in [0.4, 0.5) is 13.2 Å². The van der Waals surface area contributed by atoms with Crippen LogP contribution in [0.3, 0.4) is 0 Å². The summed E-state index contributed by atoms with van der Waals surface area (Å²) in [5.41, 5.74) is -3.33. The van der Waals surface area contributed by atoms with Gasteiger partial charge >= 0.3 is 6.18 Å². The van der Waals surface area contributed by atoms with Crippen LogP contribution in [-0.4, -0.2) is 24.5 Å². The number of alkyl halides is 3. The van der Waals surface area contributed by atoms with Crippen LogP contribution in [0.1, 0.15) is 52.0 Å². The van der Waals surface area contributed by atoms with E-state index in [0.29, 0.717) is 13.0 Å². The second kappa shape index (κ2) is 8.43. The summed E-state index contributed by atoms with van der Waals surface area (Å²) < 4.78 is 50.6. The van der Waals surface area contributed by atoms with Crippen molar-refractivity contribution in [3.05, 3.63) is 23.8 Å². The number of halogens is 3. The third kappa shape index (κ3) is 5.03. The van der Waals surface area contributed by atoms with Gasteiger partial charge in [-0.25, -0.2) is 0 Å². The normalized spacial score (nSPS) is 14.4. The van der Waals surface area contributed by atoms with Gasteiger partial charge in [0.1, 0.15) is 0 Å². The molecule has 1 atom stereocenters. The maximum absolute atomic E-state index is 13.2. The van der Waals surface area contributed by atoms with E-state index in [2.05, 4.69) is 0 Å². The van der Waals surface area contributed by atoms with Crippen molar-refractivity contribution in [1.29, 1.82) is 0 Å². The molecular weight excluding hydrogens is 309 g/mol. The van der Waals surface area contributed by atoms with Crippen molar-refractivity contribution >= 4 is 0 Å². The van der Waals surface area contributed by atoms with Crippen molar-refractivity contribution in [2.24, 2.45) is 0 Å². The minimum Gasteiger partial charge on any atom is -0.490 e.